The molecule has 1 amide bonds. The fourth-order valence-corrected chi connectivity index (χ4v) is 2.94. The van der Waals surface area contributed by atoms with Gasteiger partial charge in [0.25, 0.3) is 0 Å². The molecule has 1 fully saturated rings. The Labute approximate surface area is 140 Å². The molecule has 0 aromatic heterocycles. The minimum absolute atomic E-state index is 0.192. The number of aryl methyl sites for hydroxylation is 1. The summed E-state index contributed by atoms with van der Waals surface area (Å²) in [6.07, 6.45) is 1.74. The van der Waals surface area contributed by atoms with Crippen molar-refractivity contribution in [2.24, 2.45) is 0 Å². The molecule has 1 aliphatic rings. The molecular weight excluding hydrogens is 288 g/mol. The maximum Gasteiger partial charge on any atom is 0.410 e. The molecule has 1 unspecified atom stereocenters. The molecule has 1 aliphatic heterocycles. The Morgan fingerprint density at radius 3 is 2.52 bits per heavy atom. The summed E-state index contributed by atoms with van der Waals surface area (Å²) in [5.41, 5.74) is 2.18. The van der Waals surface area contributed by atoms with Crippen molar-refractivity contribution in [3.63, 3.8) is 0 Å². The Bertz CT molecular complexity index is 528. The lowest BCUT2D eigenvalue weighted by Crippen LogP contribution is -2.46. The molecule has 2 rings (SSSR count). The first-order valence-electron chi connectivity index (χ1n) is 8.55. The van der Waals surface area contributed by atoms with Crippen LogP contribution < -0.4 is 5.32 Å². The smallest absolute Gasteiger partial charge is 0.410 e. The zero-order chi connectivity index (χ0) is 17.0. The number of nitrogens with zero attached hydrogens (tertiary/aromatic N) is 1. The second kappa shape index (κ2) is 7.35. The number of amides is 1. The lowest BCUT2D eigenvalue weighted by Gasteiger charge is -2.35. The predicted octanol–water partition coefficient (Wildman–Crippen LogP) is 4.05. The van der Waals surface area contributed by atoms with Crippen LogP contribution in [0.4, 0.5) is 4.79 Å². The minimum Gasteiger partial charge on any atom is -0.444 e. The number of benzene rings is 1. The van der Waals surface area contributed by atoms with E-state index >= 15 is 0 Å². The van der Waals surface area contributed by atoms with Crippen LogP contribution in [0.15, 0.2) is 24.3 Å². The number of ether oxygens (including phenoxy) is 1. The van der Waals surface area contributed by atoms with Crippen LogP contribution in [0.2, 0.25) is 0 Å². The van der Waals surface area contributed by atoms with Crippen LogP contribution >= 0.6 is 0 Å². The molecule has 1 heterocycles. The van der Waals surface area contributed by atoms with E-state index < -0.39 is 5.60 Å². The molecule has 1 N–H and O–H groups in total. The summed E-state index contributed by atoms with van der Waals surface area (Å²) < 4.78 is 5.44. The Morgan fingerprint density at radius 2 is 1.96 bits per heavy atom. The van der Waals surface area contributed by atoms with Gasteiger partial charge in [-0.2, -0.15) is 0 Å². The van der Waals surface area contributed by atoms with Gasteiger partial charge in [0.05, 0.1) is 0 Å². The molecule has 1 aromatic carbocycles. The highest BCUT2D eigenvalue weighted by atomic mass is 16.6. The van der Waals surface area contributed by atoms with Crippen molar-refractivity contribution < 1.29 is 9.53 Å². The van der Waals surface area contributed by atoms with Crippen LogP contribution in [0.25, 0.3) is 0 Å². The van der Waals surface area contributed by atoms with Gasteiger partial charge in [0.15, 0.2) is 0 Å². The molecule has 4 nitrogen and oxygen atoms in total. The van der Waals surface area contributed by atoms with Crippen LogP contribution in [-0.2, 0) is 4.74 Å². The van der Waals surface area contributed by atoms with E-state index in [2.05, 4.69) is 43.4 Å². The number of carbonyl (C=O) groups is 1. The molecule has 1 saturated heterocycles. The highest BCUT2D eigenvalue weighted by molar-refractivity contribution is 5.68. The average Bonchev–Trinajstić information content (AvgIpc) is 2.46. The van der Waals surface area contributed by atoms with Gasteiger partial charge in [-0.15, -0.1) is 0 Å². The third-order valence-corrected chi connectivity index (χ3v) is 4.17. The van der Waals surface area contributed by atoms with Crippen LogP contribution in [0.3, 0.4) is 0 Å². The standard InChI is InChI=1S/C19H30N2O2/c1-14-7-6-8-16(13-14)15(2)20-17-9-11-21(12-10-17)18(22)23-19(3,4)5/h6-8,13,15,17,20H,9-12H2,1-5H3. The fourth-order valence-electron chi connectivity index (χ4n) is 2.94. The zero-order valence-corrected chi connectivity index (χ0v) is 15.1. The van der Waals surface area contributed by atoms with Crippen molar-refractivity contribution >= 4 is 6.09 Å². The highest BCUT2D eigenvalue weighted by Gasteiger charge is 2.27. The van der Waals surface area contributed by atoms with E-state index in [0.29, 0.717) is 12.1 Å². The van der Waals surface area contributed by atoms with Crippen molar-refractivity contribution in [2.75, 3.05) is 13.1 Å². The number of carbonyl (C=O) groups excluding carboxylic acids is 1. The van der Waals surface area contributed by atoms with E-state index in [1.165, 1.54) is 11.1 Å². The Morgan fingerprint density at radius 1 is 1.30 bits per heavy atom. The SMILES string of the molecule is Cc1cccc(C(C)NC2CCN(C(=O)OC(C)(C)C)CC2)c1. The van der Waals surface area contributed by atoms with Crippen molar-refractivity contribution in [1.82, 2.24) is 10.2 Å². The summed E-state index contributed by atoms with van der Waals surface area (Å²) in [6.45, 7) is 11.6. The van der Waals surface area contributed by atoms with Crippen molar-refractivity contribution in [2.45, 2.75) is 65.1 Å². The van der Waals surface area contributed by atoms with Crippen molar-refractivity contribution in [1.29, 1.82) is 0 Å². The van der Waals surface area contributed by atoms with Crippen LogP contribution in [0, 0.1) is 6.92 Å². The van der Waals surface area contributed by atoms with Gasteiger partial charge in [0.2, 0.25) is 0 Å². The van der Waals surface area contributed by atoms with Gasteiger partial charge in [-0.05, 0) is 53.0 Å². The average molecular weight is 318 g/mol. The predicted molar refractivity (Wildman–Crippen MR) is 93.6 cm³/mol. The first-order chi connectivity index (χ1) is 10.7. The number of likely N-dealkylation sites (tertiary alicyclic amines) is 1. The van der Waals surface area contributed by atoms with Gasteiger partial charge in [-0.1, -0.05) is 29.8 Å². The maximum atomic E-state index is 12.1. The third kappa shape index (κ3) is 5.54. The molecule has 0 aliphatic carbocycles. The molecule has 4 heteroatoms. The lowest BCUT2D eigenvalue weighted by molar-refractivity contribution is 0.0196. The molecule has 0 spiro atoms. The molecular formula is C19H30N2O2. The minimum atomic E-state index is -0.425. The molecule has 1 aromatic rings. The van der Waals surface area contributed by atoms with Gasteiger partial charge in [0, 0.05) is 25.2 Å². The maximum absolute atomic E-state index is 12.1. The molecule has 0 bridgehead atoms. The summed E-state index contributed by atoms with van der Waals surface area (Å²) in [5.74, 6) is 0. The van der Waals surface area contributed by atoms with Gasteiger partial charge in [-0.3, -0.25) is 0 Å². The summed E-state index contributed by atoms with van der Waals surface area (Å²) >= 11 is 0. The van der Waals surface area contributed by atoms with E-state index in [0.717, 1.165) is 25.9 Å². The van der Waals surface area contributed by atoms with Gasteiger partial charge >= 0.3 is 6.09 Å². The Hall–Kier alpha value is -1.55. The number of hydrogen-bond acceptors (Lipinski definition) is 3. The first-order valence-corrected chi connectivity index (χ1v) is 8.55. The van der Waals surface area contributed by atoms with Gasteiger partial charge in [0.1, 0.15) is 5.60 Å². The summed E-state index contributed by atoms with van der Waals surface area (Å²) in [7, 11) is 0. The normalized spacial score (nSPS) is 17.9. The van der Waals surface area contributed by atoms with Gasteiger partial charge in [-0.25, -0.2) is 4.79 Å². The third-order valence-electron chi connectivity index (χ3n) is 4.17. The van der Waals surface area contributed by atoms with E-state index in [-0.39, 0.29) is 6.09 Å². The monoisotopic (exact) mass is 318 g/mol. The second-order valence-corrected chi connectivity index (χ2v) is 7.54. The van der Waals surface area contributed by atoms with E-state index in [1.54, 1.807) is 0 Å². The molecule has 23 heavy (non-hydrogen) atoms. The van der Waals surface area contributed by atoms with Gasteiger partial charge < -0.3 is 15.0 Å². The Balaban J connectivity index is 1.81. The Kier molecular flexibility index (Phi) is 5.69. The summed E-state index contributed by atoms with van der Waals surface area (Å²) in [4.78, 5) is 13.9. The van der Waals surface area contributed by atoms with Crippen LogP contribution in [-0.4, -0.2) is 35.7 Å². The number of nitrogens with one attached hydrogen (secondary N) is 1. The summed E-state index contributed by atoms with van der Waals surface area (Å²) in [5, 5.41) is 3.69. The topological polar surface area (TPSA) is 41.6 Å². The number of piperidine rings is 1. The lowest BCUT2D eigenvalue weighted by atomic mass is 10.0. The number of hydrogen-bond donors (Lipinski definition) is 1. The molecule has 0 radical (unpaired) electrons. The van der Waals surface area contributed by atoms with E-state index in [9.17, 15) is 4.79 Å². The van der Waals surface area contributed by atoms with Crippen molar-refractivity contribution in [3.8, 4) is 0 Å². The van der Waals surface area contributed by atoms with E-state index in [4.69, 9.17) is 4.74 Å². The second-order valence-electron chi connectivity index (χ2n) is 7.54. The number of rotatable bonds is 3. The van der Waals surface area contributed by atoms with Crippen LogP contribution in [0.5, 0.6) is 0 Å². The molecule has 0 saturated carbocycles. The zero-order valence-electron chi connectivity index (χ0n) is 15.1. The summed E-state index contributed by atoms with van der Waals surface area (Å²) in [6, 6.07) is 9.40. The largest absolute Gasteiger partial charge is 0.444 e. The fraction of sp³-hybridized carbons (Fsp3) is 0.632. The van der Waals surface area contributed by atoms with Crippen molar-refractivity contribution in [3.05, 3.63) is 35.4 Å². The van der Waals surface area contributed by atoms with E-state index in [1.807, 2.05) is 25.7 Å². The quantitative estimate of drug-likeness (QED) is 0.914. The molecule has 1 atom stereocenters. The van der Waals surface area contributed by atoms with Crippen LogP contribution in [0.1, 0.15) is 57.7 Å². The first kappa shape index (κ1) is 17.8. The molecule has 128 valence electrons. The highest BCUT2D eigenvalue weighted by Crippen LogP contribution is 2.19.